The third kappa shape index (κ3) is 2.80. The minimum atomic E-state index is -0.812. The highest BCUT2D eigenvalue weighted by molar-refractivity contribution is 5.93. The molecule has 1 aromatic rings. The van der Waals surface area contributed by atoms with E-state index in [4.69, 9.17) is 0 Å². The Labute approximate surface area is 112 Å². The van der Waals surface area contributed by atoms with Crippen LogP contribution in [0.25, 0.3) is 0 Å². The van der Waals surface area contributed by atoms with Crippen molar-refractivity contribution in [3.63, 3.8) is 0 Å². The minimum absolute atomic E-state index is 0.186. The fraction of sp³-hybridized carbons (Fsp3) is 0.571. The molecule has 2 atom stereocenters. The quantitative estimate of drug-likeness (QED) is 0.873. The van der Waals surface area contributed by atoms with Crippen LogP contribution >= 0.6 is 0 Å². The predicted octanol–water partition coefficient (Wildman–Crippen LogP) is 1.71. The molecule has 5 nitrogen and oxygen atoms in total. The van der Waals surface area contributed by atoms with E-state index in [1.807, 2.05) is 24.6 Å². The molecule has 1 heterocycles. The van der Waals surface area contributed by atoms with Gasteiger partial charge >= 0.3 is 5.97 Å². The number of aliphatic carboxylic acids is 1. The van der Waals surface area contributed by atoms with Crippen LogP contribution < -0.4 is 5.32 Å². The molecule has 0 aliphatic heterocycles. The number of carboxylic acids is 1. The Morgan fingerprint density at radius 3 is 2.58 bits per heavy atom. The van der Waals surface area contributed by atoms with Gasteiger partial charge in [-0.3, -0.25) is 9.59 Å². The molecule has 0 saturated heterocycles. The number of rotatable bonds is 3. The van der Waals surface area contributed by atoms with E-state index in [0.29, 0.717) is 12.1 Å². The summed E-state index contributed by atoms with van der Waals surface area (Å²) in [5.41, 5.74) is 1.58. The molecule has 2 N–H and O–H groups in total. The second kappa shape index (κ2) is 5.47. The van der Waals surface area contributed by atoms with Crippen LogP contribution in [0, 0.1) is 12.8 Å². The highest BCUT2D eigenvalue weighted by atomic mass is 16.4. The third-order valence-corrected chi connectivity index (χ3v) is 4.01. The molecule has 19 heavy (non-hydrogen) atoms. The summed E-state index contributed by atoms with van der Waals surface area (Å²) >= 11 is 0. The highest BCUT2D eigenvalue weighted by Gasteiger charge is 2.32. The van der Waals surface area contributed by atoms with Crippen LogP contribution in [0.1, 0.15) is 41.9 Å². The predicted molar refractivity (Wildman–Crippen MR) is 71.0 cm³/mol. The van der Waals surface area contributed by atoms with Crippen molar-refractivity contribution < 1.29 is 14.7 Å². The molecule has 1 fully saturated rings. The van der Waals surface area contributed by atoms with Gasteiger partial charge in [-0.25, -0.2) is 0 Å². The maximum Gasteiger partial charge on any atom is 0.308 e. The van der Waals surface area contributed by atoms with Crippen LogP contribution in [0.3, 0.4) is 0 Å². The van der Waals surface area contributed by atoms with Gasteiger partial charge in [-0.05, 0) is 31.9 Å². The largest absolute Gasteiger partial charge is 0.481 e. The first-order valence-corrected chi connectivity index (χ1v) is 6.66. The van der Waals surface area contributed by atoms with Crippen LogP contribution in [0.15, 0.2) is 12.1 Å². The molecule has 104 valence electrons. The Hall–Kier alpha value is -1.78. The molecule has 0 radical (unpaired) electrons. The van der Waals surface area contributed by atoms with Gasteiger partial charge in [0.05, 0.1) is 5.92 Å². The van der Waals surface area contributed by atoms with E-state index in [1.54, 1.807) is 6.07 Å². The summed E-state index contributed by atoms with van der Waals surface area (Å²) in [7, 11) is 1.83. The zero-order valence-corrected chi connectivity index (χ0v) is 11.3. The Kier molecular flexibility index (Phi) is 3.93. The van der Waals surface area contributed by atoms with Gasteiger partial charge < -0.3 is 15.0 Å². The van der Waals surface area contributed by atoms with E-state index >= 15 is 0 Å². The van der Waals surface area contributed by atoms with E-state index in [2.05, 4.69) is 5.32 Å². The smallest absolute Gasteiger partial charge is 0.308 e. The van der Waals surface area contributed by atoms with Gasteiger partial charge in [0.15, 0.2) is 0 Å². The van der Waals surface area contributed by atoms with Crippen LogP contribution in [-0.2, 0) is 11.8 Å². The molecule has 1 amide bonds. The second-order valence-electron chi connectivity index (χ2n) is 5.23. The average Bonchev–Trinajstić information content (AvgIpc) is 2.70. The van der Waals surface area contributed by atoms with Gasteiger partial charge in [0, 0.05) is 18.8 Å². The van der Waals surface area contributed by atoms with Crippen molar-refractivity contribution in [3.8, 4) is 0 Å². The van der Waals surface area contributed by atoms with Gasteiger partial charge in [-0.15, -0.1) is 0 Å². The zero-order chi connectivity index (χ0) is 14.0. The number of amides is 1. The Morgan fingerprint density at radius 1 is 1.32 bits per heavy atom. The molecular formula is C14H20N2O3. The van der Waals surface area contributed by atoms with Crippen LogP contribution in [0.5, 0.6) is 0 Å². The highest BCUT2D eigenvalue weighted by Crippen LogP contribution is 2.25. The second-order valence-corrected chi connectivity index (χ2v) is 5.23. The zero-order valence-electron chi connectivity index (χ0n) is 11.3. The van der Waals surface area contributed by atoms with Crippen molar-refractivity contribution in [1.82, 2.24) is 9.88 Å². The number of carbonyl (C=O) groups is 2. The van der Waals surface area contributed by atoms with Crippen molar-refractivity contribution in [2.24, 2.45) is 13.0 Å². The number of hydrogen-bond acceptors (Lipinski definition) is 2. The summed E-state index contributed by atoms with van der Waals surface area (Å²) in [6.07, 6.45) is 3.28. The van der Waals surface area contributed by atoms with Gasteiger partial charge in [-0.1, -0.05) is 12.8 Å². The van der Waals surface area contributed by atoms with Crippen LogP contribution in [0.2, 0.25) is 0 Å². The van der Waals surface area contributed by atoms with Crippen molar-refractivity contribution in [2.45, 2.75) is 38.6 Å². The lowest BCUT2D eigenvalue weighted by atomic mass is 9.84. The maximum absolute atomic E-state index is 12.2. The Bertz CT molecular complexity index is 493. The molecule has 0 bridgehead atoms. The maximum atomic E-state index is 12.2. The van der Waals surface area contributed by atoms with Gasteiger partial charge in [0.1, 0.15) is 5.69 Å². The van der Waals surface area contributed by atoms with E-state index in [9.17, 15) is 14.7 Å². The first-order chi connectivity index (χ1) is 9.00. The number of hydrogen-bond donors (Lipinski definition) is 2. The number of nitrogens with one attached hydrogen (secondary N) is 1. The summed E-state index contributed by atoms with van der Waals surface area (Å²) in [5, 5.41) is 12.1. The molecule has 2 unspecified atom stereocenters. The number of carbonyl (C=O) groups excluding carboxylic acids is 1. The molecule has 1 saturated carbocycles. The normalized spacial score (nSPS) is 23.1. The van der Waals surface area contributed by atoms with E-state index < -0.39 is 11.9 Å². The monoisotopic (exact) mass is 264 g/mol. The first kappa shape index (κ1) is 13.6. The summed E-state index contributed by atoms with van der Waals surface area (Å²) in [4.78, 5) is 23.4. The SMILES string of the molecule is Cc1ccc(C(=O)NC2CCCCC2C(=O)O)n1C. The number of carboxylic acid groups (broad SMARTS) is 1. The fourth-order valence-corrected chi connectivity index (χ4v) is 2.68. The molecule has 1 aromatic heterocycles. The third-order valence-electron chi connectivity index (χ3n) is 4.01. The Morgan fingerprint density at radius 2 is 2.00 bits per heavy atom. The number of nitrogens with zero attached hydrogens (tertiary/aromatic N) is 1. The molecule has 0 spiro atoms. The van der Waals surface area contributed by atoms with Gasteiger partial charge in [0.25, 0.3) is 5.91 Å². The lowest BCUT2D eigenvalue weighted by Gasteiger charge is -2.29. The fourth-order valence-electron chi connectivity index (χ4n) is 2.68. The summed E-state index contributed by atoms with van der Waals surface area (Å²) in [6, 6.07) is 3.39. The van der Waals surface area contributed by atoms with Gasteiger partial charge in [0.2, 0.25) is 0 Å². The van der Waals surface area contributed by atoms with E-state index in [0.717, 1.165) is 25.0 Å². The van der Waals surface area contributed by atoms with Gasteiger partial charge in [-0.2, -0.15) is 0 Å². The van der Waals surface area contributed by atoms with Crippen LogP contribution in [-0.4, -0.2) is 27.6 Å². The Balaban J connectivity index is 2.09. The molecule has 1 aliphatic rings. The summed E-state index contributed by atoms with van der Waals surface area (Å²) < 4.78 is 1.81. The lowest BCUT2D eigenvalue weighted by molar-refractivity contribution is -0.143. The van der Waals surface area contributed by atoms with Crippen molar-refractivity contribution in [1.29, 1.82) is 0 Å². The number of aryl methyl sites for hydroxylation is 1. The first-order valence-electron chi connectivity index (χ1n) is 6.66. The lowest BCUT2D eigenvalue weighted by Crippen LogP contribution is -2.45. The van der Waals surface area contributed by atoms with Crippen LogP contribution in [0.4, 0.5) is 0 Å². The minimum Gasteiger partial charge on any atom is -0.481 e. The van der Waals surface area contributed by atoms with Crippen molar-refractivity contribution in [3.05, 3.63) is 23.5 Å². The molecular weight excluding hydrogens is 244 g/mol. The standard InChI is InChI=1S/C14H20N2O3/c1-9-7-8-12(16(9)2)13(17)15-11-6-4-3-5-10(11)14(18)19/h7-8,10-11H,3-6H2,1-2H3,(H,15,17)(H,18,19). The molecule has 2 rings (SSSR count). The summed E-state index contributed by atoms with van der Waals surface area (Å²) in [5.74, 6) is -1.46. The molecule has 1 aliphatic carbocycles. The summed E-state index contributed by atoms with van der Waals surface area (Å²) in [6.45, 7) is 1.93. The number of aromatic nitrogens is 1. The van der Waals surface area contributed by atoms with Crippen molar-refractivity contribution >= 4 is 11.9 Å². The topological polar surface area (TPSA) is 71.3 Å². The van der Waals surface area contributed by atoms with E-state index in [1.165, 1.54) is 0 Å². The molecule has 0 aromatic carbocycles. The van der Waals surface area contributed by atoms with E-state index in [-0.39, 0.29) is 11.9 Å². The van der Waals surface area contributed by atoms with Crippen molar-refractivity contribution in [2.75, 3.05) is 0 Å². The molecule has 5 heteroatoms. The average molecular weight is 264 g/mol.